The molecule has 14 fully saturated rings. The van der Waals surface area contributed by atoms with Gasteiger partial charge < -0.3 is 105 Å². The van der Waals surface area contributed by atoms with E-state index in [1.54, 1.807) is 13.8 Å². The largest absolute Gasteiger partial charge is 0.481 e. The summed E-state index contributed by atoms with van der Waals surface area (Å²) in [6.07, 6.45) is 32.0. The third-order valence-corrected chi connectivity index (χ3v) is 36.1. The number of fused-ring (bicyclic) bond motifs is 2. The highest BCUT2D eigenvalue weighted by Gasteiger charge is 2.50. The van der Waals surface area contributed by atoms with Crippen molar-refractivity contribution in [1.82, 2.24) is 0 Å². The molecule has 7 aliphatic heterocycles. The molecule has 22 atom stereocenters. The molecular weight excluding hydrogens is 1810 g/mol. The average molecular weight is 2040 g/mol. The van der Waals surface area contributed by atoms with Crippen LogP contribution >= 0.6 is 0 Å². The molecule has 0 spiro atoms. The Morgan fingerprint density at radius 3 is 1.06 bits per heavy atom. The Kier molecular flexibility index (Phi) is 63.5. The van der Waals surface area contributed by atoms with Crippen LogP contribution in [0.2, 0.25) is 0 Å². The zero-order chi connectivity index (χ0) is 109. The van der Waals surface area contributed by atoms with Crippen molar-refractivity contribution >= 4 is 11.9 Å². The summed E-state index contributed by atoms with van der Waals surface area (Å²) in [4.78, 5) is 21.1. The lowest BCUT2D eigenvalue weighted by Crippen LogP contribution is -2.51. The number of aliphatic hydroxyl groups excluding tert-OH is 8. The van der Waals surface area contributed by atoms with Gasteiger partial charge in [-0.05, 0) is 382 Å². The zero-order valence-corrected chi connectivity index (χ0v) is 97.5. The van der Waals surface area contributed by atoms with Gasteiger partial charge in [0.05, 0.1) is 143 Å². The lowest BCUT2D eigenvalue weighted by Gasteiger charge is -2.40. The number of aliphatic carboxylic acids is 2. The zero-order valence-electron chi connectivity index (χ0n) is 97.5. The molecule has 0 radical (unpaired) electrons. The molecular formula is C120H232O23. The summed E-state index contributed by atoms with van der Waals surface area (Å²) >= 11 is 0. The molecule has 14 rings (SSSR count). The molecule has 0 aromatic carbocycles. The second-order valence-corrected chi connectivity index (χ2v) is 53.2. The maximum absolute atomic E-state index is 10.6. The molecule has 23 heteroatoms. The molecule has 0 aromatic heterocycles. The molecule has 14 aliphatic rings. The smallest absolute Gasteiger partial charge is 0.306 e. The first-order chi connectivity index (χ1) is 66.4. The van der Waals surface area contributed by atoms with E-state index >= 15 is 0 Å². The van der Waals surface area contributed by atoms with Gasteiger partial charge in [0.1, 0.15) is 24.4 Å². The molecule has 0 bridgehead atoms. The first-order valence-corrected chi connectivity index (χ1v) is 58.4. The predicted octanol–water partition coefficient (Wildman–Crippen LogP) is 22.6. The molecule has 7 saturated heterocycles. The third-order valence-electron chi connectivity index (χ3n) is 36.1. The summed E-state index contributed by atoms with van der Waals surface area (Å²) < 4.78 is 38.3. The van der Waals surface area contributed by atoms with Crippen LogP contribution in [-0.2, 0) is 42.7 Å². The monoisotopic (exact) mass is 2040 g/mol. The van der Waals surface area contributed by atoms with Gasteiger partial charge in [0.2, 0.25) is 0 Å². The number of hydrogen-bond donors (Lipinski definition) is 14. The maximum atomic E-state index is 10.6. The molecule has 7 aliphatic carbocycles. The number of carboxylic acid groups (broad SMARTS) is 2. The molecule has 143 heavy (non-hydrogen) atoms. The first-order valence-electron chi connectivity index (χ1n) is 58.4. The van der Waals surface area contributed by atoms with E-state index in [4.69, 9.17) is 53.6 Å². The SMILES string of the molecule is CC(C)C1CCC(C(=O)O)CC1.CC(C)C1CCC(C(C)(C)O)CC1.CC(C)C1CCC(CC(=O)O)CC1.CC(C)C1CCC(O)CC1.CC(C)C1CCCC(C(C)(C)O)C1.CC(C)C1CCCC(O)C1.CC(C)C1COC(C(C)(C)O)C(O)C1.CC(C)C1COC(C(C)(C)O)C1.CC(C)C1COC(CO)C(O)C1.CC(C)C1COC(CO)C1.CC(C)C1COC2C(O)CCC12.CC(C)C1COC2C(O)COC12. The summed E-state index contributed by atoms with van der Waals surface area (Å²) in [5.74, 6) is 17.5. The van der Waals surface area contributed by atoms with E-state index in [9.17, 15) is 60.7 Å². The summed E-state index contributed by atoms with van der Waals surface area (Å²) in [6, 6.07) is 0. The van der Waals surface area contributed by atoms with Crippen LogP contribution in [0.5, 0.6) is 0 Å². The van der Waals surface area contributed by atoms with Crippen molar-refractivity contribution in [2.75, 3.05) is 59.5 Å². The summed E-state index contributed by atoms with van der Waals surface area (Å²) in [7, 11) is 0. The number of rotatable bonds is 21. The van der Waals surface area contributed by atoms with Crippen molar-refractivity contribution in [2.45, 2.75) is 522 Å². The molecule has 7 saturated carbocycles. The second kappa shape index (κ2) is 67.1. The summed E-state index contributed by atoms with van der Waals surface area (Å²) in [6.45, 7) is 73.4. The molecule has 14 N–H and O–H groups in total. The van der Waals surface area contributed by atoms with Crippen LogP contribution in [0.25, 0.3) is 0 Å². The number of ether oxygens (including phenoxy) is 7. The lowest BCUT2D eigenvalue weighted by molar-refractivity contribution is -0.179. The van der Waals surface area contributed by atoms with Crippen molar-refractivity contribution in [3.63, 3.8) is 0 Å². The van der Waals surface area contributed by atoms with Crippen molar-refractivity contribution < 1.29 is 114 Å². The van der Waals surface area contributed by atoms with Crippen molar-refractivity contribution in [3.05, 3.63) is 0 Å². The minimum absolute atomic E-state index is 0.00106. The normalized spacial score (nSPS) is 35.1. The highest BCUT2D eigenvalue weighted by molar-refractivity contribution is 5.70. The van der Waals surface area contributed by atoms with E-state index < -0.39 is 58.8 Å². The quantitative estimate of drug-likeness (QED) is 0.0507. The molecule has 23 nitrogen and oxygen atoms in total. The van der Waals surface area contributed by atoms with Gasteiger partial charge in [0, 0.05) is 12.3 Å². The molecule has 0 amide bonds. The molecule has 22 unspecified atom stereocenters. The predicted molar refractivity (Wildman–Crippen MR) is 579 cm³/mol. The fourth-order valence-corrected chi connectivity index (χ4v) is 24.1. The molecule has 850 valence electrons. The van der Waals surface area contributed by atoms with Gasteiger partial charge in [0.25, 0.3) is 0 Å². The minimum Gasteiger partial charge on any atom is -0.481 e. The summed E-state index contributed by atoms with van der Waals surface area (Å²) in [5.41, 5.74) is -2.56. The van der Waals surface area contributed by atoms with Gasteiger partial charge in [-0.2, -0.15) is 0 Å². The van der Waals surface area contributed by atoms with E-state index in [2.05, 4.69) is 166 Å². The van der Waals surface area contributed by atoms with Gasteiger partial charge in [-0.15, -0.1) is 0 Å². The van der Waals surface area contributed by atoms with Crippen LogP contribution in [0.4, 0.5) is 0 Å². The number of carbonyl (C=O) groups is 2. The van der Waals surface area contributed by atoms with Crippen LogP contribution in [0.3, 0.4) is 0 Å². The lowest BCUT2D eigenvalue weighted by atomic mass is 9.71. The van der Waals surface area contributed by atoms with E-state index in [0.717, 1.165) is 200 Å². The van der Waals surface area contributed by atoms with Crippen LogP contribution in [0.15, 0.2) is 0 Å². The average Bonchev–Trinajstić information content (AvgIpc) is 1.66. The molecule has 7 heterocycles. The van der Waals surface area contributed by atoms with Crippen LogP contribution < -0.4 is 0 Å². The van der Waals surface area contributed by atoms with Crippen molar-refractivity contribution in [1.29, 1.82) is 0 Å². The maximum Gasteiger partial charge on any atom is 0.306 e. The van der Waals surface area contributed by atoms with Gasteiger partial charge >= 0.3 is 11.9 Å². The second-order valence-electron chi connectivity index (χ2n) is 53.2. The van der Waals surface area contributed by atoms with Crippen molar-refractivity contribution in [2.24, 2.45) is 172 Å². The highest BCUT2D eigenvalue weighted by atomic mass is 16.6. The third kappa shape index (κ3) is 50.5. The van der Waals surface area contributed by atoms with Crippen LogP contribution in [0.1, 0.15) is 421 Å². The van der Waals surface area contributed by atoms with Crippen LogP contribution in [-0.4, -0.2) is 245 Å². The fourth-order valence-electron chi connectivity index (χ4n) is 24.1. The Morgan fingerprint density at radius 1 is 0.287 bits per heavy atom. The Hall–Kier alpha value is -1.82. The first kappa shape index (κ1) is 135. The summed E-state index contributed by atoms with van der Waals surface area (Å²) in [5, 5.41) is 131. The Morgan fingerprint density at radius 2 is 0.685 bits per heavy atom. The van der Waals surface area contributed by atoms with Gasteiger partial charge in [-0.1, -0.05) is 192 Å². The fraction of sp³-hybridized carbons (Fsp3) is 0.983. The number of aliphatic hydroxyl groups is 12. The number of hydrogen-bond acceptors (Lipinski definition) is 21. The van der Waals surface area contributed by atoms with Gasteiger partial charge in [-0.25, -0.2) is 0 Å². The Balaban J connectivity index is 0.000000401. The number of carboxylic acids is 2. The molecule has 0 aromatic rings. The van der Waals surface area contributed by atoms with E-state index in [-0.39, 0.29) is 74.1 Å². The van der Waals surface area contributed by atoms with Crippen molar-refractivity contribution in [3.8, 4) is 0 Å². The topological polar surface area (TPSA) is 382 Å². The van der Waals surface area contributed by atoms with E-state index in [1.165, 1.54) is 89.9 Å². The minimum atomic E-state index is -0.957. The van der Waals surface area contributed by atoms with Crippen LogP contribution in [0, 0.1) is 172 Å². The van der Waals surface area contributed by atoms with E-state index in [0.29, 0.717) is 121 Å². The standard InChI is InChI=1S/2C12H24O.C11H22O3.C11H20O2.C10H18O2.C10H20O2.C10H18O2.C9H16O3.C9H18O3.2C9H18O.C8H16O2/c1-9(2)10-5-7-11(8-6-10)12(3,4)13;1-9(2)10-6-5-7-11(8-10)12(3,4)13;1-7(2)8-5-9(12)10(14-6-8)11(3,4)13;1-8(2)10-5-3-9(4-6-10)7-11(12)13;1-6(2)8-5-12-10-7(8)3-4-9(10)11;1-7(2)8-5-9(12-6-8)10(3,4)11;1-7(2)8-3-5-9(6-4-8)10(11)12;1-5(2)6-3-11-9-7(10)4-12-8(6)9;1-6(2)7-3-8(11)9(4-10)12-5-7;1-7(2)8-3-5-9(10)6-4-8;1-7(2)8-4-3-5-9(10)6-8;1-6(2)7-3-8(4-9)10-5-7/h2*9-11,13H,5-8H2,1-4H3;7-10,12-13H,5-6H2,1-4H3;8-10H,3-7H2,1-2H3,(H,12,13);6-11H,3-5H2,1-2H3;7-9,11H,5-6H2,1-4H3;7-9H,3-6H2,1-2H3,(H,11,12);5-10H,3-4H2,1-2H3;6-11H,3-5H2,1-2H3;2*7-10H,3-6H2,1-2H3;6-9H,3-5H2,1-2H3. The van der Waals surface area contributed by atoms with E-state index in [1.807, 2.05) is 41.5 Å². The van der Waals surface area contributed by atoms with Gasteiger partial charge in [0.15, 0.2) is 0 Å². The Labute approximate surface area is 874 Å². The Bertz CT molecular complexity index is 3170. The van der Waals surface area contributed by atoms with Gasteiger partial charge in [-0.3, -0.25) is 9.59 Å². The highest BCUT2D eigenvalue weighted by Crippen LogP contribution is 2.46.